The van der Waals surface area contributed by atoms with Crippen LogP contribution in [0, 0.1) is 0 Å². The Morgan fingerprint density at radius 2 is 1.26 bits per heavy atom. The molecule has 0 aromatic heterocycles. The molecule has 2 aromatic carbocycles. The van der Waals surface area contributed by atoms with Gasteiger partial charge in [0.2, 0.25) is 0 Å². The van der Waals surface area contributed by atoms with Gasteiger partial charge in [-0.1, -0.05) is 62.7 Å². The molecule has 0 aliphatic carbocycles. The van der Waals surface area contributed by atoms with Crippen molar-refractivity contribution < 1.29 is 19.8 Å². The lowest BCUT2D eigenvalue weighted by Crippen LogP contribution is -2.16. The van der Waals surface area contributed by atoms with E-state index in [1.54, 1.807) is 30.3 Å². The molecule has 122 valence electrons. The lowest BCUT2D eigenvalue weighted by molar-refractivity contribution is 0.0684. The van der Waals surface area contributed by atoms with E-state index in [0.717, 1.165) is 5.56 Å². The summed E-state index contributed by atoms with van der Waals surface area (Å²) in [5, 5.41) is 17.7. The second kappa shape index (κ2) is 7.79. The SMILES string of the molecule is CC(C)(C)c1ccccc1C(=O)O.O=C(O)c1ccccc1Cl. The first-order valence-electron chi connectivity index (χ1n) is 6.95. The predicted octanol–water partition coefficient (Wildman–Crippen LogP) is 4.72. The number of aromatic carboxylic acids is 2. The summed E-state index contributed by atoms with van der Waals surface area (Å²) in [5.74, 6) is -1.85. The number of hydrogen-bond donors (Lipinski definition) is 2. The van der Waals surface area contributed by atoms with Gasteiger partial charge in [0.15, 0.2) is 0 Å². The molecule has 4 nitrogen and oxygen atoms in total. The maximum absolute atomic E-state index is 10.9. The predicted molar refractivity (Wildman–Crippen MR) is 90.5 cm³/mol. The molecule has 2 rings (SSSR count). The summed E-state index contributed by atoms with van der Waals surface area (Å²) in [4.78, 5) is 21.2. The first kappa shape index (κ1) is 18.7. The van der Waals surface area contributed by atoms with Crippen LogP contribution < -0.4 is 0 Å². The molecule has 0 amide bonds. The zero-order valence-electron chi connectivity index (χ0n) is 13.2. The number of carboxylic acid groups (broad SMARTS) is 2. The van der Waals surface area contributed by atoms with Gasteiger partial charge in [-0.25, -0.2) is 9.59 Å². The molecule has 2 N–H and O–H groups in total. The Morgan fingerprint density at radius 3 is 1.61 bits per heavy atom. The highest BCUT2D eigenvalue weighted by molar-refractivity contribution is 6.33. The minimum atomic E-state index is -0.995. The summed E-state index contributed by atoms with van der Waals surface area (Å²) < 4.78 is 0. The fourth-order valence-corrected chi connectivity index (χ4v) is 2.17. The van der Waals surface area contributed by atoms with E-state index in [0.29, 0.717) is 5.56 Å². The number of carboxylic acids is 2. The highest BCUT2D eigenvalue weighted by Crippen LogP contribution is 2.25. The summed E-state index contributed by atoms with van der Waals surface area (Å²) in [5.41, 5.74) is 1.30. The van der Waals surface area contributed by atoms with Crippen LogP contribution in [0.3, 0.4) is 0 Å². The topological polar surface area (TPSA) is 74.6 Å². The zero-order chi connectivity index (χ0) is 17.6. The molecule has 23 heavy (non-hydrogen) atoms. The second-order valence-corrected chi connectivity index (χ2v) is 6.29. The Balaban J connectivity index is 0.000000238. The third-order valence-corrected chi connectivity index (χ3v) is 3.40. The third kappa shape index (κ3) is 5.42. The first-order chi connectivity index (χ1) is 10.6. The van der Waals surface area contributed by atoms with E-state index < -0.39 is 11.9 Å². The molecule has 0 aliphatic heterocycles. The summed E-state index contributed by atoms with van der Waals surface area (Å²) >= 11 is 5.54. The average Bonchev–Trinajstić information content (AvgIpc) is 2.47. The summed E-state index contributed by atoms with van der Waals surface area (Å²) in [6.07, 6.45) is 0. The molecule has 0 heterocycles. The van der Waals surface area contributed by atoms with Crippen molar-refractivity contribution in [3.8, 4) is 0 Å². The van der Waals surface area contributed by atoms with Gasteiger partial charge in [0.25, 0.3) is 0 Å². The maximum Gasteiger partial charge on any atom is 0.337 e. The van der Waals surface area contributed by atoms with Gasteiger partial charge in [0.1, 0.15) is 0 Å². The monoisotopic (exact) mass is 334 g/mol. The Hall–Kier alpha value is -2.33. The molecule has 0 aliphatic rings. The van der Waals surface area contributed by atoms with Crippen LogP contribution in [0.2, 0.25) is 5.02 Å². The van der Waals surface area contributed by atoms with Crippen molar-refractivity contribution in [2.45, 2.75) is 26.2 Å². The molecule has 0 fully saturated rings. The van der Waals surface area contributed by atoms with Crippen molar-refractivity contribution in [3.05, 3.63) is 70.2 Å². The number of hydrogen-bond acceptors (Lipinski definition) is 2. The lowest BCUT2D eigenvalue weighted by Gasteiger charge is -2.20. The largest absolute Gasteiger partial charge is 0.478 e. The smallest absolute Gasteiger partial charge is 0.337 e. The van der Waals surface area contributed by atoms with E-state index >= 15 is 0 Å². The second-order valence-electron chi connectivity index (χ2n) is 5.89. The molecular weight excluding hydrogens is 316 g/mol. The Bertz CT molecular complexity index is 702. The molecule has 0 radical (unpaired) electrons. The average molecular weight is 335 g/mol. The fraction of sp³-hybridized carbons (Fsp3) is 0.222. The van der Waals surface area contributed by atoms with E-state index in [-0.39, 0.29) is 16.0 Å². The van der Waals surface area contributed by atoms with Crippen LogP contribution >= 0.6 is 11.6 Å². The van der Waals surface area contributed by atoms with Gasteiger partial charge in [-0.15, -0.1) is 0 Å². The summed E-state index contributed by atoms with van der Waals surface area (Å²) in [7, 11) is 0. The van der Waals surface area contributed by atoms with Crippen LogP contribution in [0.5, 0.6) is 0 Å². The summed E-state index contributed by atoms with van der Waals surface area (Å²) in [6.45, 7) is 6.03. The number of carbonyl (C=O) groups is 2. The molecule has 0 spiro atoms. The van der Waals surface area contributed by atoms with Crippen molar-refractivity contribution in [2.75, 3.05) is 0 Å². The Kier molecular flexibility index (Phi) is 6.34. The molecule has 0 saturated heterocycles. The molecule has 0 unspecified atom stereocenters. The molecule has 0 atom stereocenters. The van der Waals surface area contributed by atoms with E-state index in [9.17, 15) is 9.59 Å². The minimum Gasteiger partial charge on any atom is -0.478 e. The van der Waals surface area contributed by atoms with Crippen LogP contribution in [-0.2, 0) is 5.41 Å². The van der Waals surface area contributed by atoms with Crippen molar-refractivity contribution in [2.24, 2.45) is 0 Å². The quantitative estimate of drug-likeness (QED) is 0.833. The molecule has 0 saturated carbocycles. The molecular formula is C18H19ClO4. The van der Waals surface area contributed by atoms with Gasteiger partial charge >= 0.3 is 11.9 Å². The van der Waals surface area contributed by atoms with Crippen molar-refractivity contribution in [1.29, 1.82) is 0 Å². The normalized spacial score (nSPS) is 10.4. The first-order valence-corrected chi connectivity index (χ1v) is 7.33. The van der Waals surface area contributed by atoms with Crippen molar-refractivity contribution >= 4 is 23.5 Å². The van der Waals surface area contributed by atoms with Crippen LogP contribution in [0.1, 0.15) is 47.1 Å². The van der Waals surface area contributed by atoms with Gasteiger partial charge in [0.05, 0.1) is 16.1 Å². The minimum absolute atomic E-state index is 0.116. The van der Waals surface area contributed by atoms with Crippen molar-refractivity contribution in [1.82, 2.24) is 0 Å². The van der Waals surface area contributed by atoms with Crippen LogP contribution in [-0.4, -0.2) is 22.2 Å². The van der Waals surface area contributed by atoms with Gasteiger partial charge in [-0.3, -0.25) is 0 Å². The number of rotatable bonds is 2. The number of halogens is 1. The van der Waals surface area contributed by atoms with Crippen LogP contribution in [0.25, 0.3) is 0 Å². The van der Waals surface area contributed by atoms with E-state index in [4.69, 9.17) is 21.8 Å². The van der Waals surface area contributed by atoms with Gasteiger partial charge < -0.3 is 10.2 Å². The fourth-order valence-electron chi connectivity index (χ4n) is 1.96. The van der Waals surface area contributed by atoms with Gasteiger partial charge in [-0.05, 0) is 29.2 Å². The maximum atomic E-state index is 10.9. The summed E-state index contributed by atoms with van der Waals surface area (Å²) in [6, 6.07) is 13.5. The zero-order valence-corrected chi connectivity index (χ0v) is 14.0. The molecule has 2 aromatic rings. The highest BCUT2D eigenvalue weighted by Gasteiger charge is 2.20. The van der Waals surface area contributed by atoms with Gasteiger partial charge in [0, 0.05) is 0 Å². The number of benzene rings is 2. The van der Waals surface area contributed by atoms with Gasteiger partial charge in [-0.2, -0.15) is 0 Å². The van der Waals surface area contributed by atoms with Crippen molar-refractivity contribution in [3.63, 3.8) is 0 Å². The van der Waals surface area contributed by atoms with Crippen LogP contribution in [0.4, 0.5) is 0 Å². The Labute approximate surface area is 140 Å². The van der Waals surface area contributed by atoms with Crippen LogP contribution in [0.15, 0.2) is 48.5 Å². The molecule has 5 heteroatoms. The third-order valence-electron chi connectivity index (χ3n) is 3.07. The molecule has 0 bridgehead atoms. The van der Waals surface area contributed by atoms with E-state index in [1.165, 1.54) is 6.07 Å². The van der Waals surface area contributed by atoms with E-state index in [2.05, 4.69) is 0 Å². The Morgan fingerprint density at radius 1 is 0.826 bits per heavy atom. The lowest BCUT2D eigenvalue weighted by atomic mass is 9.84. The standard InChI is InChI=1S/C11H14O2.C7H5ClO2/c1-11(2,3)9-7-5-4-6-8(9)10(12)13;8-6-4-2-1-3-5(6)7(9)10/h4-7H,1-3H3,(H,12,13);1-4H,(H,9,10). The van der Waals surface area contributed by atoms with E-state index in [1.807, 2.05) is 32.9 Å². The highest BCUT2D eigenvalue weighted by atomic mass is 35.5.